The first-order chi connectivity index (χ1) is 3.66. The van der Waals surface area contributed by atoms with Gasteiger partial charge in [0.1, 0.15) is 5.75 Å². The highest BCUT2D eigenvalue weighted by molar-refractivity contribution is 7.96. The molecule has 0 heterocycles. The van der Waals surface area contributed by atoms with E-state index in [1.165, 1.54) is 0 Å². The third-order valence-electron chi connectivity index (χ3n) is 0.863. The van der Waals surface area contributed by atoms with Crippen molar-refractivity contribution in [3.63, 3.8) is 0 Å². The summed E-state index contributed by atoms with van der Waals surface area (Å²) in [7, 11) is 0.0934. The highest BCUT2D eigenvalue weighted by atomic mass is 32.2. The quantitative estimate of drug-likeness (QED) is 0.586. The molecule has 3 nitrogen and oxygen atoms in total. The van der Waals surface area contributed by atoms with Gasteiger partial charge in [-0.2, -0.15) is 0 Å². The lowest BCUT2D eigenvalue weighted by molar-refractivity contribution is -0.133. The van der Waals surface area contributed by atoms with E-state index in [0.29, 0.717) is 5.75 Å². The van der Waals surface area contributed by atoms with Crippen LogP contribution in [0.3, 0.4) is 0 Å². The van der Waals surface area contributed by atoms with Gasteiger partial charge in [0.2, 0.25) is 5.75 Å². The predicted octanol–water partition coefficient (Wildman–Crippen LogP) is 0.162. The van der Waals surface area contributed by atoms with Gasteiger partial charge in [0, 0.05) is 0 Å². The molecule has 0 amide bonds. The Labute approximate surface area is 57.7 Å². The van der Waals surface area contributed by atoms with E-state index in [9.17, 15) is 4.79 Å². The van der Waals surface area contributed by atoms with E-state index in [2.05, 4.69) is 0 Å². The largest absolute Gasteiger partial charge is 0.870 e. The Morgan fingerprint density at radius 1 is 1.67 bits per heavy atom. The second kappa shape index (κ2) is 5.91. The number of hydrogen-bond acceptors (Lipinski definition) is 2. The number of carbonyl (C=O) groups is 1. The topological polar surface area (TPSA) is 67.3 Å². The molecule has 0 spiro atoms. The zero-order valence-electron chi connectivity index (χ0n) is 5.63. The fourth-order valence-corrected chi connectivity index (χ4v) is 0.939. The van der Waals surface area contributed by atoms with Crippen molar-refractivity contribution < 1.29 is 15.4 Å². The average Bonchev–Trinajstić information content (AvgIpc) is 1.65. The second-order valence-electron chi connectivity index (χ2n) is 1.61. The standard InChI is InChI=1S/C5H10O2S.H2O/c1-3-8(2)4-5(6)7;/h3-4H2,1-2H3;1H2. The first-order valence-electron chi connectivity index (χ1n) is 2.47. The molecule has 0 aliphatic heterocycles. The predicted molar refractivity (Wildman–Crippen MR) is 38.3 cm³/mol. The fraction of sp³-hybridized carbons (Fsp3) is 0.800. The number of carboxylic acid groups (broad SMARTS) is 1. The van der Waals surface area contributed by atoms with Crippen LogP contribution in [0.4, 0.5) is 0 Å². The summed E-state index contributed by atoms with van der Waals surface area (Å²) in [5.74, 6) is 0.626. The van der Waals surface area contributed by atoms with Gasteiger partial charge >= 0.3 is 5.97 Å². The van der Waals surface area contributed by atoms with Crippen molar-refractivity contribution in [2.45, 2.75) is 6.92 Å². The fourth-order valence-electron chi connectivity index (χ4n) is 0.313. The Bertz CT molecular complexity index is 84.3. The highest BCUT2D eigenvalue weighted by Crippen LogP contribution is 1.88. The molecule has 1 unspecified atom stereocenters. The molecule has 0 aliphatic carbocycles. The van der Waals surface area contributed by atoms with Crippen LogP contribution in [-0.2, 0) is 15.7 Å². The van der Waals surface area contributed by atoms with Crippen LogP contribution in [-0.4, -0.2) is 34.3 Å². The summed E-state index contributed by atoms with van der Waals surface area (Å²) in [5, 5.41) is 8.22. The minimum atomic E-state index is -0.683. The summed E-state index contributed by atoms with van der Waals surface area (Å²) >= 11 is 0. The van der Waals surface area contributed by atoms with Gasteiger partial charge in [0.25, 0.3) is 0 Å². The van der Waals surface area contributed by atoms with Crippen LogP contribution in [0.1, 0.15) is 6.92 Å². The summed E-state index contributed by atoms with van der Waals surface area (Å²) in [6.45, 7) is 2.01. The minimum Gasteiger partial charge on any atom is -0.870 e. The van der Waals surface area contributed by atoms with Crippen molar-refractivity contribution >= 4 is 16.9 Å². The molecule has 0 bridgehead atoms. The van der Waals surface area contributed by atoms with Gasteiger partial charge in [0.15, 0.2) is 0 Å². The Kier molecular flexibility index (Phi) is 7.59. The average molecular weight is 152 g/mol. The number of hydrogen-bond donors (Lipinski definition) is 1. The number of carboxylic acids is 1. The third kappa shape index (κ3) is 7.78. The maximum Gasteiger partial charge on any atom is 0.353 e. The van der Waals surface area contributed by atoms with Gasteiger partial charge in [0.05, 0.1) is 6.26 Å². The van der Waals surface area contributed by atoms with E-state index in [4.69, 9.17) is 5.11 Å². The summed E-state index contributed by atoms with van der Waals surface area (Å²) in [4.78, 5) is 9.98. The lowest BCUT2D eigenvalue weighted by Crippen LogP contribution is -2.15. The number of aliphatic carboxylic acids is 1. The zero-order valence-corrected chi connectivity index (χ0v) is 6.44. The van der Waals surface area contributed by atoms with Crippen molar-refractivity contribution in [3.05, 3.63) is 0 Å². The van der Waals surface area contributed by atoms with Crippen molar-refractivity contribution in [2.24, 2.45) is 0 Å². The monoisotopic (exact) mass is 152 g/mol. The third-order valence-corrected chi connectivity index (χ3v) is 2.59. The molecule has 56 valence electrons. The Morgan fingerprint density at radius 2 is 2.11 bits per heavy atom. The van der Waals surface area contributed by atoms with Crippen molar-refractivity contribution in [3.8, 4) is 0 Å². The highest BCUT2D eigenvalue weighted by Gasteiger charge is 2.11. The van der Waals surface area contributed by atoms with Gasteiger partial charge in [-0.15, -0.1) is 0 Å². The Balaban J connectivity index is 0. The molecule has 0 aliphatic rings. The van der Waals surface area contributed by atoms with Crippen LogP contribution < -0.4 is 0 Å². The first kappa shape index (κ1) is 11.6. The van der Waals surface area contributed by atoms with Crippen LogP contribution in [0.15, 0.2) is 0 Å². The van der Waals surface area contributed by atoms with Crippen LogP contribution in [0.25, 0.3) is 0 Å². The Morgan fingerprint density at radius 3 is 2.22 bits per heavy atom. The van der Waals surface area contributed by atoms with Crippen molar-refractivity contribution in [2.75, 3.05) is 17.8 Å². The van der Waals surface area contributed by atoms with E-state index in [-0.39, 0.29) is 16.4 Å². The van der Waals surface area contributed by atoms with Gasteiger partial charge < -0.3 is 10.6 Å². The van der Waals surface area contributed by atoms with Crippen LogP contribution in [0.5, 0.6) is 0 Å². The molecule has 0 fully saturated rings. The van der Waals surface area contributed by atoms with E-state index in [0.717, 1.165) is 5.75 Å². The molecule has 0 saturated heterocycles. The molecular weight excluding hydrogens is 140 g/mol. The molecule has 9 heavy (non-hydrogen) atoms. The van der Waals surface area contributed by atoms with Gasteiger partial charge in [-0.1, -0.05) is 0 Å². The molecule has 0 saturated carbocycles. The molecule has 0 aromatic rings. The lowest BCUT2D eigenvalue weighted by atomic mass is 10.8. The summed E-state index contributed by atoms with van der Waals surface area (Å²) in [6.07, 6.45) is 1.97. The lowest BCUT2D eigenvalue weighted by Gasteiger charge is -1.92. The molecule has 0 aromatic carbocycles. The smallest absolute Gasteiger partial charge is 0.353 e. The summed E-state index contributed by atoms with van der Waals surface area (Å²) in [6, 6.07) is 0. The number of rotatable bonds is 3. The SMILES string of the molecule is CC[S+](C)CC(=O)O.[OH-]. The van der Waals surface area contributed by atoms with E-state index in [1.54, 1.807) is 0 Å². The molecule has 4 heteroatoms. The van der Waals surface area contributed by atoms with Gasteiger partial charge in [-0.05, 0) is 17.8 Å². The Hall–Kier alpha value is -0.220. The van der Waals surface area contributed by atoms with Crippen LogP contribution >= 0.6 is 0 Å². The molecule has 2 N–H and O–H groups in total. The normalized spacial score (nSPS) is 11.8. The molecular formula is C5H12O3S. The van der Waals surface area contributed by atoms with Crippen molar-refractivity contribution in [1.82, 2.24) is 0 Å². The van der Waals surface area contributed by atoms with Crippen LogP contribution in [0, 0.1) is 0 Å². The maximum atomic E-state index is 9.98. The van der Waals surface area contributed by atoms with Crippen molar-refractivity contribution in [1.29, 1.82) is 0 Å². The van der Waals surface area contributed by atoms with Gasteiger partial charge in [-0.3, -0.25) is 0 Å². The van der Waals surface area contributed by atoms with E-state index < -0.39 is 5.97 Å². The zero-order chi connectivity index (χ0) is 6.57. The van der Waals surface area contributed by atoms with Gasteiger partial charge in [-0.25, -0.2) is 4.79 Å². The molecule has 0 radical (unpaired) electrons. The van der Waals surface area contributed by atoms with E-state index >= 15 is 0 Å². The summed E-state index contributed by atoms with van der Waals surface area (Å²) in [5.41, 5.74) is 0. The maximum absolute atomic E-state index is 9.98. The summed E-state index contributed by atoms with van der Waals surface area (Å²) < 4.78 is 0. The molecule has 1 atom stereocenters. The molecule has 0 aromatic heterocycles. The first-order valence-corrected chi connectivity index (χ1v) is 4.45. The van der Waals surface area contributed by atoms with E-state index in [1.807, 2.05) is 13.2 Å². The second-order valence-corrected chi connectivity index (χ2v) is 4.04. The molecule has 0 rings (SSSR count). The van der Waals surface area contributed by atoms with Crippen LogP contribution in [0.2, 0.25) is 0 Å². The minimum absolute atomic E-state index is 0.